The number of hydrogen-bond acceptors (Lipinski definition) is 6. The van der Waals surface area contributed by atoms with Gasteiger partial charge in [-0.05, 0) is 31.5 Å². The van der Waals surface area contributed by atoms with E-state index in [1.54, 1.807) is 29.3 Å². The zero-order valence-corrected chi connectivity index (χ0v) is 17.1. The van der Waals surface area contributed by atoms with Gasteiger partial charge in [-0.1, -0.05) is 11.6 Å². The summed E-state index contributed by atoms with van der Waals surface area (Å²) in [4.78, 5) is 30.6. The number of amides is 2. The molecular weight excluding hydrogens is 406 g/mol. The third-order valence-electron chi connectivity index (χ3n) is 4.71. The Kier molecular flexibility index (Phi) is 5.71. The standard InChI is InChI=1S/C20H20ClN7O2/c1-13-9-19-27(7-2-8-28(19)26-13)20(30)6-5-18(29)23-17-4-3-16(24-25-17)14-10-15(21)12-22-11-14/h3-4,9-12H,2,5-8H2,1H3,(H,23,25,29). The van der Waals surface area contributed by atoms with Gasteiger partial charge in [0.25, 0.3) is 0 Å². The van der Waals surface area contributed by atoms with Gasteiger partial charge in [0.05, 0.1) is 16.4 Å². The number of fused-ring (bicyclic) bond motifs is 1. The van der Waals surface area contributed by atoms with Crippen molar-refractivity contribution < 1.29 is 9.59 Å². The van der Waals surface area contributed by atoms with Crippen LogP contribution in [0.1, 0.15) is 25.0 Å². The highest BCUT2D eigenvalue weighted by molar-refractivity contribution is 6.30. The maximum absolute atomic E-state index is 12.6. The summed E-state index contributed by atoms with van der Waals surface area (Å²) < 4.78 is 1.84. The van der Waals surface area contributed by atoms with Crippen molar-refractivity contribution in [2.24, 2.45) is 0 Å². The SMILES string of the molecule is Cc1cc2n(n1)CCCN2C(=O)CCC(=O)Nc1ccc(-c2cncc(Cl)c2)nn1. The fourth-order valence-electron chi connectivity index (χ4n) is 3.32. The van der Waals surface area contributed by atoms with Gasteiger partial charge in [0, 0.05) is 50.0 Å². The highest BCUT2D eigenvalue weighted by Gasteiger charge is 2.24. The third kappa shape index (κ3) is 4.46. The molecule has 3 aromatic rings. The van der Waals surface area contributed by atoms with Gasteiger partial charge in [0.2, 0.25) is 11.8 Å². The van der Waals surface area contributed by atoms with E-state index in [0.717, 1.165) is 30.0 Å². The lowest BCUT2D eigenvalue weighted by Gasteiger charge is -2.27. The summed E-state index contributed by atoms with van der Waals surface area (Å²) in [5, 5.41) is 15.7. The fourth-order valence-corrected chi connectivity index (χ4v) is 3.50. The summed E-state index contributed by atoms with van der Waals surface area (Å²) >= 11 is 5.94. The Labute approximate surface area is 178 Å². The van der Waals surface area contributed by atoms with Crippen LogP contribution in [0, 0.1) is 6.92 Å². The van der Waals surface area contributed by atoms with Crippen LogP contribution < -0.4 is 10.2 Å². The predicted octanol–water partition coefficient (Wildman–Crippen LogP) is 2.85. The molecule has 0 aliphatic carbocycles. The topological polar surface area (TPSA) is 106 Å². The molecule has 0 atom stereocenters. The molecular formula is C20H20ClN7O2. The van der Waals surface area contributed by atoms with Crippen molar-refractivity contribution in [2.75, 3.05) is 16.8 Å². The maximum Gasteiger partial charge on any atom is 0.228 e. The predicted molar refractivity (Wildman–Crippen MR) is 112 cm³/mol. The van der Waals surface area contributed by atoms with Crippen LogP contribution >= 0.6 is 11.6 Å². The first-order valence-corrected chi connectivity index (χ1v) is 9.97. The van der Waals surface area contributed by atoms with Crippen molar-refractivity contribution in [3.05, 3.63) is 47.4 Å². The molecule has 30 heavy (non-hydrogen) atoms. The van der Waals surface area contributed by atoms with Gasteiger partial charge >= 0.3 is 0 Å². The average molecular weight is 426 g/mol. The Balaban J connectivity index is 1.32. The molecule has 1 aliphatic heterocycles. The second-order valence-electron chi connectivity index (χ2n) is 7.01. The quantitative estimate of drug-likeness (QED) is 0.673. The van der Waals surface area contributed by atoms with E-state index < -0.39 is 0 Å². The van der Waals surface area contributed by atoms with Gasteiger partial charge in [0.15, 0.2) is 5.82 Å². The summed E-state index contributed by atoms with van der Waals surface area (Å²) in [5.74, 6) is 0.719. The lowest BCUT2D eigenvalue weighted by molar-refractivity contribution is -0.122. The number of nitrogens with zero attached hydrogens (tertiary/aromatic N) is 6. The molecule has 4 rings (SSSR count). The normalized spacial score (nSPS) is 13.1. The van der Waals surface area contributed by atoms with E-state index in [1.165, 1.54) is 6.20 Å². The van der Waals surface area contributed by atoms with Gasteiger partial charge in [0.1, 0.15) is 5.82 Å². The van der Waals surface area contributed by atoms with Crippen LogP contribution in [-0.2, 0) is 16.1 Å². The first kappa shape index (κ1) is 20.0. The summed E-state index contributed by atoms with van der Waals surface area (Å²) in [6, 6.07) is 6.99. The van der Waals surface area contributed by atoms with Crippen molar-refractivity contribution in [2.45, 2.75) is 32.7 Å². The largest absolute Gasteiger partial charge is 0.309 e. The van der Waals surface area contributed by atoms with Gasteiger partial charge in [-0.25, -0.2) is 4.68 Å². The molecule has 0 saturated carbocycles. The van der Waals surface area contributed by atoms with Crippen LogP contribution in [-0.4, -0.2) is 43.3 Å². The van der Waals surface area contributed by atoms with Crippen molar-refractivity contribution in [3.63, 3.8) is 0 Å². The van der Waals surface area contributed by atoms with Crippen molar-refractivity contribution in [1.29, 1.82) is 0 Å². The smallest absolute Gasteiger partial charge is 0.228 e. The van der Waals surface area contributed by atoms with Crippen LogP contribution in [0.25, 0.3) is 11.3 Å². The molecule has 1 aliphatic rings. The van der Waals surface area contributed by atoms with E-state index in [-0.39, 0.29) is 24.7 Å². The molecule has 9 nitrogen and oxygen atoms in total. The molecule has 0 saturated heterocycles. The number of aryl methyl sites for hydroxylation is 2. The fraction of sp³-hybridized carbons (Fsp3) is 0.300. The minimum atomic E-state index is -0.295. The van der Waals surface area contributed by atoms with Crippen LogP contribution in [0.2, 0.25) is 5.02 Å². The van der Waals surface area contributed by atoms with Crippen molar-refractivity contribution in [3.8, 4) is 11.3 Å². The number of aromatic nitrogens is 5. The molecule has 0 fully saturated rings. The Morgan fingerprint density at radius 3 is 2.77 bits per heavy atom. The second kappa shape index (κ2) is 8.58. The molecule has 10 heteroatoms. The molecule has 3 aromatic heterocycles. The maximum atomic E-state index is 12.6. The van der Waals surface area contributed by atoms with E-state index in [4.69, 9.17) is 11.6 Å². The number of pyridine rings is 1. The molecule has 0 unspecified atom stereocenters. The summed E-state index contributed by atoms with van der Waals surface area (Å²) in [5.41, 5.74) is 2.20. The van der Waals surface area contributed by atoms with Crippen LogP contribution in [0.3, 0.4) is 0 Å². The zero-order valence-electron chi connectivity index (χ0n) is 16.4. The Hall–Kier alpha value is -3.33. The Morgan fingerprint density at radius 1 is 1.13 bits per heavy atom. The van der Waals surface area contributed by atoms with E-state index in [0.29, 0.717) is 23.1 Å². The molecule has 0 bridgehead atoms. The molecule has 2 amide bonds. The second-order valence-corrected chi connectivity index (χ2v) is 7.45. The summed E-state index contributed by atoms with van der Waals surface area (Å²) in [6.07, 6.45) is 4.18. The lowest BCUT2D eigenvalue weighted by Crippen LogP contribution is -2.37. The minimum Gasteiger partial charge on any atom is -0.309 e. The van der Waals surface area contributed by atoms with Crippen molar-refractivity contribution >= 4 is 35.1 Å². The van der Waals surface area contributed by atoms with Crippen LogP contribution in [0.15, 0.2) is 36.7 Å². The van der Waals surface area contributed by atoms with Crippen LogP contribution in [0.5, 0.6) is 0 Å². The first-order valence-electron chi connectivity index (χ1n) is 9.59. The summed E-state index contributed by atoms with van der Waals surface area (Å²) in [7, 11) is 0. The molecule has 154 valence electrons. The zero-order chi connectivity index (χ0) is 21.1. The monoisotopic (exact) mass is 425 g/mol. The van der Waals surface area contributed by atoms with Gasteiger partial charge < -0.3 is 5.32 Å². The number of nitrogens with one attached hydrogen (secondary N) is 1. The highest BCUT2D eigenvalue weighted by atomic mass is 35.5. The van der Waals surface area contributed by atoms with Gasteiger partial charge in [-0.15, -0.1) is 10.2 Å². The summed E-state index contributed by atoms with van der Waals surface area (Å²) in [6.45, 7) is 3.33. The first-order chi connectivity index (χ1) is 14.5. The van der Waals surface area contributed by atoms with E-state index in [2.05, 4.69) is 25.6 Å². The molecule has 0 radical (unpaired) electrons. The Bertz CT molecular complexity index is 1080. The number of hydrogen-bond donors (Lipinski definition) is 1. The van der Waals surface area contributed by atoms with E-state index in [9.17, 15) is 9.59 Å². The minimum absolute atomic E-state index is 0.0596. The van der Waals surface area contributed by atoms with E-state index >= 15 is 0 Å². The number of halogens is 1. The molecule has 0 aromatic carbocycles. The molecule has 0 spiro atoms. The third-order valence-corrected chi connectivity index (χ3v) is 4.92. The lowest BCUT2D eigenvalue weighted by atomic mass is 10.2. The highest BCUT2D eigenvalue weighted by Crippen LogP contribution is 2.23. The Morgan fingerprint density at radius 2 is 2.00 bits per heavy atom. The number of anilines is 2. The van der Waals surface area contributed by atoms with Gasteiger partial charge in [-0.2, -0.15) is 5.10 Å². The number of rotatable bonds is 5. The van der Waals surface area contributed by atoms with Crippen LogP contribution in [0.4, 0.5) is 11.6 Å². The van der Waals surface area contributed by atoms with Crippen molar-refractivity contribution in [1.82, 2.24) is 25.0 Å². The molecule has 4 heterocycles. The average Bonchev–Trinajstić information content (AvgIpc) is 3.12. The van der Waals surface area contributed by atoms with E-state index in [1.807, 2.05) is 17.7 Å². The number of carbonyl (C=O) groups is 2. The number of carbonyl (C=O) groups excluding carboxylic acids is 2. The van der Waals surface area contributed by atoms with Gasteiger partial charge in [-0.3, -0.25) is 19.5 Å². The molecule has 1 N–H and O–H groups in total.